The van der Waals surface area contributed by atoms with Crippen LogP contribution in [0.2, 0.25) is 0 Å². The Labute approximate surface area is 112 Å². The number of furan rings is 1. The molecule has 1 aromatic rings. The van der Waals surface area contributed by atoms with Crippen molar-refractivity contribution in [3.63, 3.8) is 0 Å². The lowest BCUT2D eigenvalue weighted by Crippen LogP contribution is -2.46. The van der Waals surface area contributed by atoms with E-state index in [0.29, 0.717) is 5.76 Å². The van der Waals surface area contributed by atoms with Crippen molar-refractivity contribution >= 4 is 22.9 Å². The van der Waals surface area contributed by atoms with E-state index in [2.05, 4.69) is 20.8 Å². The molecule has 0 N–H and O–H groups in total. The van der Waals surface area contributed by atoms with Crippen LogP contribution in [0.4, 0.5) is 5.88 Å². The van der Waals surface area contributed by atoms with Gasteiger partial charge in [0.15, 0.2) is 5.76 Å². The van der Waals surface area contributed by atoms with Gasteiger partial charge in [0.05, 0.1) is 25.7 Å². The molecule has 1 aromatic heterocycles. The topological polar surface area (TPSA) is 56.3 Å². The highest BCUT2D eigenvalue weighted by molar-refractivity contribution is 8.93. The van der Waals surface area contributed by atoms with E-state index in [4.69, 9.17) is 4.42 Å². The molecule has 0 saturated carbocycles. The number of nitrogens with zero attached hydrogens (tertiary/aromatic N) is 2. The van der Waals surface area contributed by atoms with Crippen molar-refractivity contribution in [3.8, 4) is 0 Å². The van der Waals surface area contributed by atoms with Crippen LogP contribution in [0.5, 0.6) is 0 Å². The van der Waals surface area contributed by atoms with Crippen molar-refractivity contribution < 1.29 is 13.8 Å². The van der Waals surface area contributed by atoms with Crippen LogP contribution in [0, 0.1) is 10.1 Å². The summed E-state index contributed by atoms with van der Waals surface area (Å²) in [7, 11) is 0. The lowest BCUT2D eigenvalue weighted by molar-refractivity contribution is -0.937. The highest BCUT2D eigenvalue weighted by atomic mass is 79.9. The van der Waals surface area contributed by atoms with Crippen LogP contribution in [-0.2, 0) is 6.54 Å². The summed E-state index contributed by atoms with van der Waals surface area (Å²) >= 11 is 0. The van der Waals surface area contributed by atoms with Gasteiger partial charge in [-0.3, -0.25) is 10.1 Å². The molecule has 6 heteroatoms. The Balaban J connectivity index is 0.00000256. The Hall–Kier alpha value is -0.880. The monoisotopic (exact) mass is 307 g/mol. The molecule has 98 valence electrons. The molecule has 0 bridgehead atoms. The second-order valence-corrected chi connectivity index (χ2v) is 3.95. The Bertz CT molecular complexity index is 353. The first-order valence-electron chi connectivity index (χ1n) is 5.65. The Morgan fingerprint density at radius 3 is 2.12 bits per heavy atom. The maximum atomic E-state index is 10.5. The molecule has 0 atom stereocenters. The van der Waals surface area contributed by atoms with Gasteiger partial charge in [-0.15, -0.1) is 17.0 Å². The third-order valence-corrected chi connectivity index (χ3v) is 3.33. The molecule has 1 rings (SSSR count). The first-order valence-corrected chi connectivity index (χ1v) is 5.65. The summed E-state index contributed by atoms with van der Waals surface area (Å²) in [6.45, 7) is 10.1. The molecule has 5 nitrogen and oxygen atoms in total. The second kappa shape index (κ2) is 6.76. The largest absolute Gasteiger partial charge is 0.433 e. The molecule has 0 saturated heterocycles. The zero-order valence-electron chi connectivity index (χ0n) is 10.5. The molecule has 0 aliphatic rings. The van der Waals surface area contributed by atoms with E-state index in [9.17, 15) is 10.1 Å². The van der Waals surface area contributed by atoms with Crippen LogP contribution in [0.3, 0.4) is 0 Å². The van der Waals surface area contributed by atoms with E-state index >= 15 is 0 Å². The summed E-state index contributed by atoms with van der Waals surface area (Å²) in [4.78, 5) is 10.00. The number of hydrogen-bond acceptors (Lipinski definition) is 3. The van der Waals surface area contributed by atoms with Gasteiger partial charge in [0, 0.05) is 0 Å². The first kappa shape index (κ1) is 16.1. The number of nitro groups is 1. The first-order chi connectivity index (χ1) is 7.56. The average Bonchev–Trinajstić information content (AvgIpc) is 2.74. The third kappa shape index (κ3) is 3.81. The van der Waals surface area contributed by atoms with Crippen LogP contribution >= 0.6 is 17.0 Å². The number of rotatable bonds is 6. The van der Waals surface area contributed by atoms with Crippen molar-refractivity contribution in [2.75, 3.05) is 19.6 Å². The van der Waals surface area contributed by atoms with E-state index in [1.54, 1.807) is 6.07 Å². The van der Waals surface area contributed by atoms with Crippen LogP contribution < -0.4 is 0 Å². The summed E-state index contributed by atoms with van der Waals surface area (Å²) in [6, 6.07) is 3.12. The maximum absolute atomic E-state index is 10.5. The molecule has 0 unspecified atom stereocenters. The molecule has 0 aromatic carbocycles. The Morgan fingerprint density at radius 1 is 1.24 bits per heavy atom. The highest BCUT2D eigenvalue weighted by Crippen LogP contribution is 2.20. The van der Waals surface area contributed by atoms with Gasteiger partial charge in [-0.1, -0.05) is 0 Å². The van der Waals surface area contributed by atoms with Gasteiger partial charge in [0.1, 0.15) is 11.5 Å². The fraction of sp³-hybridized carbons (Fsp3) is 0.636. The molecule has 0 fully saturated rings. The molecule has 0 amide bonds. The summed E-state index contributed by atoms with van der Waals surface area (Å²) in [6.07, 6.45) is 0. The fourth-order valence-corrected chi connectivity index (χ4v) is 1.89. The van der Waals surface area contributed by atoms with Gasteiger partial charge in [-0.25, -0.2) is 0 Å². The summed E-state index contributed by atoms with van der Waals surface area (Å²) in [5.41, 5.74) is 0. The van der Waals surface area contributed by atoms with E-state index in [1.165, 1.54) is 6.07 Å². The predicted octanol–water partition coefficient (Wildman–Crippen LogP) is 3.14. The zero-order valence-corrected chi connectivity index (χ0v) is 12.2. The molecule has 0 aliphatic heterocycles. The van der Waals surface area contributed by atoms with Crippen molar-refractivity contribution in [2.24, 2.45) is 0 Å². The van der Waals surface area contributed by atoms with Crippen LogP contribution in [0.15, 0.2) is 16.5 Å². The molecule has 1 heterocycles. The van der Waals surface area contributed by atoms with Crippen molar-refractivity contribution in [2.45, 2.75) is 27.3 Å². The predicted molar refractivity (Wildman–Crippen MR) is 71.3 cm³/mol. The van der Waals surface area contributed by atoms with E-state index in [1.807, 2.05) is 0 Å². The highest BCUT2D eigenvalue weighted by Gasteiger charge is 2.24. The van der Waals surface area contributed by atoms with Gasteiger partial charge < -0.3 is 8.90 Å². The second-order valence-electron chi connectivity index (χ2n) is 3.95. The summed E-state index contributed by atoms with van der Waals surface area (Å²) in [5, 5.41) is 10.5. The Morgan fingerprint density at radius 2 is 1.76 bits per heavy atom. The molecule has 0 aliphatic carbocycles. The number of quaternary nitrogens is 1. The summed E-state index contributed by atoms with van der Waals surface area (Å²) in [5.74, 6) is 0.522. The molecule has 17 heavy (non-hydrogen) atoms. The fourth-order valence-electron chi connectivity index (χ4n) is 1.89. The molecular weight excluding hydrogens is 288 g/mol. The van der Waals surface area contributed by atoms with E-state index in [0.717, 1.165) is 30.7 Å². The lowest BCUT2D eigenvalue weighted by Gasteiger charge is -2.34. The van der Waals surface area contributed by atoms with Crippen LogP contribution in [0.1, 0.15) is 26.5 Å². The zero-order chi connectivity index (χ0) is 12.2. The van der Waals surface area contributed by atoms with E-state index < -0.39 is 4.92 Å². The van der Waals surface area contributed by atoms with Gasteiger partial charge in [-0.2, -0.15) is 0 Å². The lowest BCUT2D eigenvalue weighted by atomic mass is 10.3. The minimum absolute atomic E-state index is 0. The van der Waals surface area contributed by atoms with Crippen molar-refractivity contribution in [3.05, 3.63) is 28.0 Å². The smallest absolute Gasteiger partial charge is 0.400 e. The maximum Gasteiger partial charge on any atom is 0.433 e. The van der Waals surface area contributed by atoms with Gasteiger partial charge in [0.2, 0.25) is 0 Å². The number of hydrogen-bond donors (Lipinski definition) is 0. The quantitative estimate of drug-likeness (QED) is 0.461. The molecule has 0 spiro atoms. The minimum Gasteiger partial charge on any atom is -0.400 e. The normalized spacial score (nSPS) is 11.0. The average molecular weight is 308 g/mol. The minimum atomic E-state index is -0.498. The van der Waals surface area contributed by atoms with Gasteiger partial charge >= 0.3 is 5.88 Å². The number of halogens is 1. The van der Waals surface area contributed by atoms with Crippen LogP contribution in [-0.4, -0.2) is 29.0 Å². The van der Waals surface area contributed by atoms with Gasteiger partial charge in [0.25, 0.3) is 0 Å². The SMILES string of the molecule is Br.CC[N+](CC)(CC)Cc1ccc([N+](=O)[O-])o1. The van der Waals surface area contributed by atoms with Crippen LogP contribution in [0.25, 0.3) is 0 Å². The van der Waals surface area contributed by atoms with Gasteiger partial charge in [-0.05, 0) is 26.8 Å². The molecule has 0 radical (unpaired) electrons. The van der Waals surface area contributed by atoms with Crippen molar-refractivity contribution in [1.29, 1.82) is 0 Å². The molecular formula is C11H20BrN2O3+. The van der Waals surface area contributed by atoms with Crippen molar-refractivity contribution in [1.82, 2.24) is 0 Å². The standard InChI is InChI=1S/C11H19N2O3.BrH/c1-4-13(5-2,6-3)9-10-7-8-11(16-10)12(14)15;/h7-8H,4-6,9H2,1-3H3;1H/q+1;. The Kier molecular flexibility index (Phi) is 6.41. The van der Waals surface area contributed by atoms with E-state index in [-0.39, 0.29) is 22.9 Å². The third-order valence-electron chi connectivity index (χ3n) is 3.33. The summed E-state index contributed by atoms with van der Waals surface area (Å²) < 4.78 is 6.08.